The van der Waals surface area contributed by atoms with Gasteiger partial charge in [-0.15, -0.1) is 0 Å². The number of ether oxygens (including phenoxy) is 2. The highest BCUT2D eigenvalue weighted by Gasteiger charge is 2.06. The summed E-state index contributed by atoms with van der Waals surface area (Å²) in [6.45, 7) is 4.43. The van der Waals surface area contributed by atoms with E-state index < -0.39 is 0 Å². The number of carbonyl (C=O) groups is 1. The molecule has 0 aliphatic carbocycles. The third-order valence-corrected chi connectivity index (χ3v) is 3.40. The van der Waals surface area contributed by atoms with Crippen LogP contribution in [0.15, 0.2) is 36.4 Å². The largest absolute Gasteiger partial charge is 0.487 e. The SMILES string of the molecule is COC(=O)c1ccc(COc2cc(C)c(C)cc2N)cc1. The fraction of sp³-hybridized carbons (Fsp3) is 0.235. The van der Waals surface area contributed by atoms with Crippen LogP contribution in [0.4, 0.5) is 5.69 Å². The average molecular weight is 285 g/mol. The van der Waals surface area contributed by atoms with Crippen LogP contribution in [-0.2, 0) is 11.3 Å². The van der Waals surface area contributed by atoms with Gasteiger partial charge in [0.15, 0.2) is 0 Å². The number of methoxy groups -OCH3 is 1. The highest BCUT2D eigenvalue weighted by molar-refractivity contribution is 5.89. The second kappa shape index (κ2) is 6.31. The Morgan fingerprint density at radius 2 is 1.71 bits per heavy atom. The molecule has 0 fully saturated rings. The molecule has 0 amide bonds. The molecule has 0 saturated carbocycles. The van der Waals surface area contributed by atoms with Crippen molar-refractivity contribution in [1.82, 2.24) is 0 Å². The standard InChI is InChI=1S/C17H19NO3/c1-11-8-15(18)16(9-12(11)2)21-10-13-4-6-14(7-5-13)17(19)20-3/h4-9H,10,18H2,1-3H3. The lowest BCUT2D eigenvalue weighted by Crippen LogP contribution is -2.03. The molecule has 0 aliphatic heterocycles. The zero-order valence-electron chi connectivity index (χ0n) is 12.5. The first-order chi connectivity index (χ1) is 10.0. The van der Waals surface area contributed by atoms with Gasteiger partial charge in [0, 0.05) is 0 Å². The minimum absolute atomic E-state index is 0.346. The van der Waals surface area contributed by atoms with Crippen LogP contribution < -0.4 is 10.5 Å². The number of carbonyl (C=O) groups excluding carboxylic acids is 1. The molecule has 0 atom stereocenters. The normalized spacial score (nSPS) is 10.2. The zero-order chi connectivity index (χ0) is 15.4. The Kier molecular flexibility index (Phi) is 4.48. The van der Waals surface area contributed by atoms with Gasteiger partial charge >= 0.3 is 5.97 Å². The lowest BCUT2D eigenvalue weighted by atomic mass is 10.1. The second-order valence-electron chi connectivity index (χ2n) is 4.95. The fourth-order valence-electron chi connectivity index (χ4n) is 1.95. The van der Waals surface area contributed by atoms with E-state index in [-0.39, 0.29) is 5.97 Å². The summed E-state index contributed by atoms with van der Waals surface area (Å²) < 4.78 is 10.4. The lowest BCUT2D eigenvalue weighted by molar-refractivity contribution is 0.0600. The van der Waals surface area contributed by atoms with Gasteiger partial charge in [-0.05, 0) is 54.8 Å². The Hall–Kier alpha value is -2.49. The molecule has 0 heterocycles. The lowest BCUT2D eigenvalue weighted by Gasteiger charge is -2.11. The molecule has 4 nitrogen and oxygen atoms in total. The summed E-state index contributed by atoms with van der Waals surface area (Å²) >= 11 is 0. The van der Waals surface area contributed by atoms with Crippen molar-refractivity contribution in [2.75, 3.05) is 12.8 Å². The maximum Gasteiger partial charge on any atom is 0.337 e. The number of nitrogen functional groups attached to an aromatic ring is 1. The van der Waals surface area contributed by atoms with Crippen molar-refractivity contribution >= 4 is 11.7 Å². The summed E-state index contributed by atoms with van der Waals surface area (Å²) in [5.74, 6) is 0.330. The van der Waals surface area contributed by atoms with Crippen LogP contribution in [0.5, 0.6) is 5.75 Å². The van der Waals surface area contributed by atoms with Crippen molar-refractivity contribution in [2.45, 2.75) is 20.5 Å². The predicted octanol–water partition coefficient (Wildman–Crippen LogP) is 3.25. The Morgan fingerprint density at radius 3 is 2.33 bits per heavy atom. The van der Waals surface area contributed by atoms with Crippen molar-refractivity contribution in [2.24, 2.45) is 0 Å². The van der Waals surface area contributed by atoms with E-state index in [0.717, 1.165) is 16.7 Å². The molecule has 2 aromatic carbocycles. The molecule has 0 aromatic heterocycles. The van der Waals surface area contributed by atoms with Crippen LogP contribution in [0, 0.1) is 13.8 Å². The maximum absolute atomic E-state index is 11.3. The maximum atomic E-state index is 11.3. The van der Waals surface area contributed by atoms with E-state index in [1.54, 1.807) is 12.1 Å². The first-order valence-electron chi connectivity index (χ1n) is 6.68. The quantitative estimate of drug-likeness (QED) is 0.692. The van der Waals surface area contributed by atoms with Crippen molar-refractivity contribution in [3.8, 4) is 5.75 Å². The van der Waals surface area contributed by atoms with Crippen molar-refractivity contribution in [3.63, 3.8) is 0 Å². The summed E-state index contributed by atoms with van der Waals surface area (Å²) in [6.07, 6.45) is 0. The average Bonchev–Trinajstić information content (AvgIpc) is 2.49. The van der Waals surface area contributed by atoms with E-state index in [1.165, 1.54) is 7.11 Å². The third kappa shape index (κ3) is 3.54. The molecule has 2 rings (SSSR count). The highest BCUT2D eigenvalue weighted by Crippen LogP contribution is 2.26. The van der Waals surface area contributed by atoms with Gasteiger partial charge in [0.05, 0.1) is 18.4 Å². The number of benzene rings is 2. The molecule has 0 spiro atoms. The van der Waals surface area contributed by atoms with Crippen LogP contribution in [-0.4, -0.2) is 13.1 Å². The molecule has 0 radical (unpaired) electrons. The van der Waals surface area contributed by atoms with Gasteiger partial charge in [0.25, 0.3) is 0 Å². The summed E-state index contributed by atoms with van der Waals surface area (Å²) in [5, 5.41) is 0. The van der Waals surface area contributed by atoms with Crippen LogP contribution in [0.1, 0.15) is 27.0 Å². The van der Waals surface area contributed by atoms with E-state index in [4.69, 9.17) is 10.5 Å². The Morgan fingerprint density at radius 1 is 1.10 bits per heavy atom. The molecule has 4 heteroatoms. The van der Waals surface area contributed by atoms with Gasteiger partial charge in [-0.1, -0.05) is 12.1 Å². The number of rotatable bonds is 4. The number of hydrogen-bond acceptors (Lipinski definition) is 4. The first-order valence-corrected chi connectivity index (χ1v) is 6.68. The van der Waals surface area contributed by atoms with Gasteiger partial charge < -0.3 is 15.2 Å². The number of esters is 1. The van der Waals surface area contributed by atoms with Crippen LogP contribution in [0.25, 0.3) is 0 Å². The highest BCUT2D eigenvalue weighted by atomic mass is 16.5. The fourth-order valence-corrected chi connectivity index (χ4v) is 1.95. The Labute approximate surface area is 124 Å². The van der Waals surface area contributed by atoms with Gasteiger partial charge in [-0.3, -0.25) is 0 Å². The molecule has 0 aliphatic rings. The Balaban J connectivity index is 2.06. The van der Waals surface area contributed by atoms with E-state index in [9.17, 15) is 4.79 Å². The predicted molar refractivity (Wildman–Crippen MR) is 82.4 cm³/mol. The Bertz CT molecular complexity index is 648. The first kappa shape index (κ1) is 14.9. The number of anilines is 1. The van der Waals surface area contributed by atoms with Crippen molar-refractivity contribution < 1.29 is 14.3 Å². The minimum Gasteiger partial charge on any atom is -0.487 e. The van der Waals surface area contributed by atoms with E-state index in [2.05, 4.69) is 4.74 Å². The number of hydrogen-bond donors (Lipinski definition) is 1. The summed E-state index contributed by atoms with van der Waals surface area (Å²) in [4.78, 5) is 11.3. The third-order valence-electron chi connectivity index (χ3n) is 3.40. The van der Waals surface area contributed by atoms with E-state index in [1.807, 2.05) is 38.1 Å². The topological polar surface area (TPSA) is 61.5 Å². The monoisotopic (exact) mass is 285 g/mol. The molecule has 110 valence electrons. The van der Waals surface area contributed by atoms with Crippen molar-refractivity contribution in [3.05, 3.63) is 58.7 Å². The molecule has 2 N–H and O–H groups in total. The molecule has 21 heavy (non-hydrogen) atoms. The van der Waals surface area contributed by atoms with Gasteiger partial charge in [-0.25, -0.2) is 4.79 Å². The zero-order valence-corrected chi connectivity index (χ0v) is 12.5. The summed E-state index contributed by atoms with van der Waals surface area (Å²) in [6, 6.07) is 11.0. The summed E-state index contributed by atoms with van der Waals surface area (Å²) in [7, 11) is 1.36. The van der Waals surface area contributed by atoms with Crippen LogP contribution in [0.3, 0.4) is 0 Å². The minimum atomic E-state index is -0.346. The van der Waals surface area contributed by atoms with Crippen LogP contribution in [0.2, 0.25) is 0 Å². The van der Waals surface area contributed by atoms with Gasteiger partial charge in [0.2, 0.25) is 0 Å². The van der Waals surface area contributed by atoms with Gasteiger partial charge in [-0.2, -0.15) is 0 Å². The van der Waals surface area contributed by atoms with Crippen LogP contribution >= 0.6 is 0 Å². The molecular formula is C17H19NO3. The molecule has 0 saturated heterocycles. The molecule has 0 bridgehead atoms. The second-order valence-corrected chi connectivity index (χ2v) is 4.95. The number of nitrogens with two attached hydrogens (primary N) is 1. The van der Waals surface area contributed by atoms with E-state index in [0.29, 0.717) is 23.6 Å². The smallest absolute Gasteiger partial charge is 0.337 e. The molecular weight excluding hydrogens is 266 g/mol. The molecule has 0 unspecified atom stereocenters. The summed E-state index contributed by atoms with van der Waals surface area (Å²) in [5.41, 5.74) is 10.3. The van der Waals surface area contributed by atoms with Gasteiger partial charge in [0.1, 0.15) is 12.4 Å². The van der Waals surface area contributed by atoms with E-state index >= 15 is 0 Å². The molecule has 2 aromatic rings. The van der Waals surface area contributed by atoms with Crippen molar-refractivity contribution in [1.29, 1.82) is 0 Å². The number of aryl methyl sites for hydroxylation is 2.